The molecule has 0 saturated heterocycles. The van der Waals surface area contributed by atoms with Crippen LogP contribution in [0.4, 0.5) is 0 Å². The first-order chi connectivity index (χ1) is 7.58. The van der Waals surface area contributed by atoms with Crippen LogP contribution in [0.5, 0.6) is 0 Å². The van der Waals surface area contributed by atoms with Crippen LogP contribution >= 0.6 is 0 Å². The topological polar surface area (TPSA) is 90.9 Å². The van der Waals surface area contributed by atoms with Gasteiger partial charge in [-0.05, 0) is 39.2 Å². The number of rotatable bonds is 9. The Hall–Kier alpha value is -0.810. The van der Waals surface area contributed by atoms with Gasteiger partial charge in [-0.2, -0.15) is 0 Å². The Labute approximate surface area is 97.7 Å². The van der Waals surface area contributed by atoms with E-state index in [4.69, 9.17) is 16.0 Å². The van der Waals surface area contributed by atoms with Crippen LogP contribution in [0.2, 0.25) is 0 Å². The highest BCUT2D eigenvalue weighted by Gasteiger charge is 2.19. The molecule has 0 rings (SSSR count). The second kappa shape index (κ2) is 8.35. The van der Waals surface area contributed by atoms with E-state index in [-0.39, 0.29) is 18.0 Å². The Balaban J connectivity index is 3.63. The molecule has 0 aliphatic rings. The van der Waals surface area contributed by atoms with Crippen molar-refractivity contribution in [2.75, 3.05) is 13.2 Å². The van der Waals surface area contributed by atoms with Crippen molar-refractivity contribution < 1.29 is 10.3 Å². The van der Waals surface area contributed by atoms with Crippen molar-refractivity contribution >= 4 is 5.84 Å². The molecule has 5 N–H and O–H groups in total. The van der Waals surface area contributed by atoms with Crippen LogP contribution in [-0.2, 0) is 0 Å². The predicted molar refractivity (Wildman–Crippen MR) is 65.7 cm³/mol. The largest absolute Gasteiger partial charge is 0.409 e. The second-order valence-corrected chi connectivity index (χ2v) is 4.36. The van der Waals surface area contributed by atoms with Crippen LogP contribution in [0.25, 0.3) is 0 Å². The van der Waals surface area contributed by atoms with Crippen molar-refractivity contribution in [1.29, 1.82) is 0 Å². The van der Waals surface area contributed by atoms with Crippen molar-refractivity contribution in [2.45, 2.75) is 51.5 Å². The van der Waals surface area contributed by atoms with Gasteiger partial charge in [-0.3, -0.25) is 0 Å². The molecule has 0 aliphatic carbocycles. The molecule has 0 heterocycles. The SMILES string of the molecule is CCC(C)(CCO)NCCCCC(N)=NO. The molecule has 5 nitrogen and oxygen atoms in total. The van der Waals surface area contributed by atoms with E-state index in [1.54, 1.807) is 0 Å². The number of unbranched alkanes of at least 4 members (excludes halogenated alkanes) is 1. The van der Waals surface area contributed by atoms with Crippen LogP contribution in [0.1, 0.15) is 46.0 Å². The number of nitrogens with two attached hydrogens (primary N) is 1. The third-order valence-corrected chi connectivity index (χ3v) is 2.98. The zero-order chi connectivity index (χ0) is 12.4. The zero-order valence-electron chi connectivity index (χ0n) is 10.4. The molecule has 1 atom stereocenters. The van der Waals surface area contributed by atoms with Gasteiger partial charge in [0.05, 0.1) is 0 Å². The van der Waals surface area contributed by atoms with Crippen molar-refractivity contribution in [3.05, 3.63) is 0 Å². The highest BCUT2D eigenvalue weighted by molar-refractivity contribution is 5.79. The van der Waals surface area contributed by atoms with Crippen molar-refractivity contribution in [3.8, 4) is 0 Å². The third kappa shape index (κ3) is 6.63. The fourth-order valence-electron chi connectivity index (χ4n) is 1.51. The van der Waals surface area contributed by atoms with Gasteiger partial charge < -0.3 is 21.4 Å². The zero-order valence-corrected chi connectivity index (χ0v) is 10.4. The van der Waals surface area contributed by atoms with Crippen LogP contribution in [0, 0.1) is 0 Å². The predicted octanol–water partition coefficient (Wildman–Crippen LogP) is 1.04. The van der Waals surface area contributed by atoms with Gasteiger partial charge in [-0.1, -0.05) is 12.1 Å². The van der Waals surface area contributed by atoms with E-state index in [1.165, 1.54) is 0 Å². The Morgan fingerprint density at radius 1 is 1.44 bits per heavy atom. The highest BCUT2D eigenvalue weighted by Crippen LogP contribution is 2.13. The quantitative estimate of drug-likeness (QED) is 0.157. The summed E-state index contributed by atoms with van der Waals surface area (Å²) in [4.78, 5) is 0. The summed E-state index contributed by atoms with van der Waals surface area (Å²) in [6.07, 6.45) is 4.28. The second-order valence-electron chi connectivity index (χ2n) is 4.36. The fraction of sp³-hybridized carbons (Fsp3) is 0.909. The molecule has 0 aromatic carbocycles. The molecular weight excluding hydrogens is 206 g/mol. The van der Waals surface area contributed by atoms with E-state index < -0.39 is 0 Å². The Morgan fingerprint density at radius 2 is 2.12 bits per heavy atom. The molecule has 1 unspecified atom stereocenters. The Kier molecular flexibility index (Phi) is 7.93. The molecular formula is C11H25N3O2. The number of oxime groups is 1. The summed E-state index contributed by atoms with van der Waals surface area (Å²) in [5, 5.41) is 23.6. The van der Waals surface area contributed by atoms with E-state index >= 15 is 0 Å². The molecule has 96 valence electrons. The molecule has 0 amide bonds. The van der Waals surface area contributed by atoms with Gasteiger partial charge in [0.2, 0.25) is 0 Å². The normalized spacial score (nSPS) is 16.1. The van der Waals surface area contributed by atoms with Gasteiger partial charge in [0, 0.05) is 18.6 Å². The number of aliphatic hydroxyl groups is 1. The fourth-order valence-corrected chi connectivity index (χ4v) is 1.51. The summed E-state index contributed by atoms with van der Waals surface area (Å²) in [7, 11) is 0. The molecule has 0 saturated carbocycles. The highest BCUT2D eigenvalue weighted by atomic mass is 16.4. The first kappa shape index (κ1) is 15.2. The average molecular weight is 231 g/mol. The van der Waals surface area contributed by atoms with E-state index in [1.807, 2.05) is 0 Å². The summed E-state index contributed by atoms with van der Waals surface area (Å²) in [5.41, 5.74) is 5.38. The lowest BCUT2D eigenvalue weighted by molar-refractivity contribution is 0.215. The maximum Gasteiger partial charge on any atom is 0.139 e. The minimum absolute atomic E-state index is 0.0192. The minimum Gasteiger partial charge on any atom is -0.409 e. The van der Waals surface area contributed by atoms with E-state index in [0.29, 0.717) is 6.42 Å². The summed E-state index contributed by atoms with van der Waals surface area (Å²) in [6, 6.07) is 0. The molecule has 0 aliphatic heterocycles. The standard InChI is InChI=1S/C11H25N3O2/c1-3-11(2,7-9-15)13-8-5-4-6-10(12)14-16/h13,15-16H,3-9H2,1-2H3,(H2,12,14). The molecule has 0 fully saturated rings. The Bertz CT molecular complexity index is 209. The van der Waals surface area contributed by atoms with Crippen molar-refractivity contribution in [2.24, 2.45) is 10.9 Å². The molecule has 0 aromatic heterocycles. The minimum atomic E-state index is 0.0192. The average Bonchev–Trinajstić information content (AvgIpc) is 2.28. The number of nitrogens with one attached hydrogen (secondary N) is 1. The summed E-state index contributed by atoms with van der Waals surface area (Å²) in [5.74, 6) is 0.286. The number of aliphatic hydroxyl groups excluding tert-OH is 1. The van der Waals surface area contributed by atoms with Gasteiger partial charge in [0.25, 0.3) is 0 Å². The summed E-state index contributed by atoms with van der Waals surface area (Å²) < 4.78 is 0. The third-order valence-electron chi connectivity index (χ3n) is 2.98. The number of nitrogens with zero attached hydrogens (tertiary/aromatic N) is 1. The summed E-state index contributed by atoms with van der Waals surface area (Å²) in [6.45, 7) is 5.33. The van der Waals surface area contributed by atoms with Crippen molar-refractivity contribution in [1.82, 2.24) is 5.32 Å². The molecule has 0 spiro atoms. The maximum atomic E-state index is 8.94. The lowest BCUT2D eigenvalue weighted by Gasteiger charge is -2.29. The van der Waals surface area contributed by atoms with Gasteiger partial charge in [-0.25, -0.2) is 0 Å². The van der Waals surface area contributed by atoms with Gasteiger partial charge >= 0.3 is 0 Å². The van der Waals surface area contributed by atoms with Crippen molar-refractivity contribution in [3.63, 3.8) is 0 Å². The Morgan fingerprint density at radius 3 is 2.62 bits per heavy atom. The van der Waals surface area contributed by atoms with E-state index in [9.17, 15) is 0 Å². The lowest BCUT2D eigenvalue weighted by Crippen LogP contribution is -2.43. The molecule has 5 heteroatoms. The first-order valence-corrected chi connectivity index (χ1v) is 5.90. The molecule has 16 heavy (non-hydrogen) atoms. The van der Waals surface area contributed by atoms with Gasteiger partial charge in [-0.15, -0.1) is 0 Å². The molecule has 0 bridgehead atoms. The van der Waals surface area contributed by atoms with Crippen LogP contribution in [-0.4, -0.2) is 34.8 Å². The number of hydrogen-bond donors (Lipinski definition) is 4. The number of hydrogen-bond acceptors (Lipinski definition) is 4. The van der Waals surface area contributed by atoms with Crippen LogP contribution in [0.15, 0.2) is 5.16 Å². The monoisotopic (exact) mass is 231 g/mol. The molecule has 0 aromatic rings. The molecule has 0 radical (unpaired) electrons. The van der Waals surface area contributed by atoms with Crippen LogP contribution in [0.3, 0.4) is 0 Å². The van der Waals surface area contributed by atoms with Gasteiger partial charge in [0.1, 0.15) is 5.84 Å². The first-order valence-electron chi connectivity index (χ1n) is 5.90. The smallest absolute Gasteiger partial charge is 0.139 e. The van der Waals surface area contributed by atoms with E-state index in [0.717, 1.165) is 32.2 Å². The number of amidine groups is 1. The van der Waals surface area contributed by atoms with E-state index in [2.05, 4.69) is 24.3 Å². The maximum absolute atomic E-state index is 8.94. The van der Waals surface area contributed by atoms with Gasteiger partial charge in [0.15, 0.2) is 0 Å². The van der Waals surface area contributed by atoms with Crippen LogP contribution < -0.4 is 11.1 Å². The summed E-state index contributed by atoms with van der Waals surface area (Å²) >= 11 is 0. The lowest BCUT2D eigenvalue weighted by atomic mass is 9.95.